The molecule has 0 saturated heterocycles. The molecule has 0 atom stereocenters. The molecule has 108 valence electrons. The minimum absolute atomic E-state index is 0.0116. The summed E-state index contributed by atoms with van der Waals surface area (Å²) >= 11 is 5.71. The number of rotatable bonds is 3. The van der Waals surface area contributed by atoms with Gasteiger partial charge in [-0.3, -0.25) is 14.9 Å². The molecule has 0 aliphatic carbocycles. The molecule has 0 spiro atoms. The van der Waals surface area contributed by atoms with E-state index in [0.717, 1.165) is 5.56 Å². The summed E-state index contributed by atoms with van der Waals surface area (Å²) in [6, 6.07) is 8.97. The topological polar surface area (TPSA) is 98.3 Å². The van der Waals surface area contributed by atoms with E-state index in [4.69, 9.17) is 17.3 Å². The predicted molar refractivity (Wildman–Crippen MR) is 81.7 cm³/mol. The molecule has 2 rings (SSSR count). The van der Waals surface area contributed by atoms with Gasteiger partial charge in [0, 0.05) is 23.0 Å². The van der Waals surface area contributed by atoms with Crippen LogP contribution in [-0.2, 0) is 0 Å². The second kappa shape index (κ2) is 5.80. The van der Waals surface area contributed by atoms with Crippen molar-refractivity contribution in [3.63, 3.8) is 0 Å². The van der Waals surface area contributed by atoms with Crippen molar-refractivity contribution in [2.24, 2.45) is 0 Å². The van der Waals surface area contributed by atoms with E-state index in [1.807, 2.05) is 6.92 Å². The van der Waals surface area contributed by atoms with Gasteiger partial charge in [0.15, 0.2) is 0 Å². The summed E-state index contributed by atoms with van der Waals surface area (Å²) in [5, 5.41) is 13.4. The molecule has 6 nitrogen and oxygen atoms in total. The third-order valence-electron chi connectivity index (χ3n) is 2.94. The van der Waals surface area contributed by atoms with Crippen LogP contribution in [0.15, 0.2) is 36.4 Å². The molecule has 0 heterocycles. The van der Waals surface area contributed by atoms with Crippen molar-refractivity contribution in [3.05, 3.63) is 62.7 Å². The smallest absolute Gasteiger partial charge is 0.289 e. The normalized spacial score (nSPS) is 10.2. The number of nitrogens with zero attached hydrogens (tertiary/aromatic N) is 1. The van der Waals surface area contributed by atoms with E-state index in [1.54, 1.807) is 18.2 Å². The Morgan fingerprint density at radius 1 is 1.29 bits per heavy atom. The third kappa shape index (κ3) is 3.29. The van der Waals surface area contributed by atoms with Crippen LogP contribution in [0.25, 0.3) is 0 Å². The lowest BCUT2D eigenvalue weighted by Crippen LogP contribution is -2.12. The number of nitro groups is 1. The van der Waals surface area contributed by atoms with Crippen LogP contribution >= 0.6 is 11.6 Å². The van der Waals surface area contributed by atoms with Crippen LogP contribution in [0, 0.1) is 17.0 Å². The van der Waals surface area contributed by atoms with Gasteiger partial charge >= 0.3 is 0 Å². The Bertz CT molecular complexity index is 731. The van der Waals surface area contributed by atoms with Crippen LogP contribution in [0.1, 0.15) is 15.9 Å². The molecule has 2 aromatic rings. The maximum absolute atomic E-state index is 12.1. The Morgan fingerprint density at radius 2 is 2.00 bits per heavy atom. The molecule has 1 amide bonds. The average molecular weight is 306 g/mol. The van der Waals surface area contributed by atoms with Crippen molar-refractivity contribution in [3.8, 4) is 0 Å². The molecule has 21 heavy (non-hydrogen) atoms. The van der Waals surface area contributed by atoms with Crippen LogP contribution in [0.4, 0.5) is 17.1 Å². The zero-order chi connectivity index (χ0) is 15.6. The molecule has 0 fully saturated rings. The van der Waals surface area contributed by atoms with E-state index in [2.05, 4.69) is 5.32 Å². The van der Waals surface area contributed by atoms with E-state index >= 15 is 0 Å². The van der Waals surface area contributed by atoms with E-state index < -0.39 is 10.8 Å². The van der Waals surface area contributed by atoms with Gasteiger partial charge in [-0.25, -0.2) is 0 Å². The standard InChI is InChI=1S/C14H12ClN3O3/c1-8-2-3-9(6-12(8)16)14(19)17-10-4-5-11(15)13(7-10)18(20)21/h2-7H,16H2,1H3,(H,17,19). The summed E-state index contributed by atoms with van der Waals surface area (Å²) < 4.78 is 0. The zero-order valence-corrected chi connectivity index (χ0v) is 11.8. The first-order valence-corrected chi connectivity index (χ1v) is 6.37. The SMILES string of the molecule is Cc1ccc(C(=O)Nc2ccc(Cl)c([N+](=O)[O-])c2)cc1N. The number of aryl methyl sites for hydroxylation is 1. The molecular weight excluding hydrogens is 294 g/mol. The Balaban J connectivity index is 2.25. The number of nitrogen functional groups attached to an aromatic ring is 1. The highest BCUT2D eigenvalue weighted by Gasteiger charge is 2.14. The lowest BCUT2D eigenvalue weighted by molar-refractivity contribution is -0.384. The van der Waals surface area contributed by atoms with Gasteiger partial charge in [-0.05, 0) is 36.8 Å². The minimum Gasteiger partial charge on any atom is -0.398 e. The fourth-order valence-corrected chi connectivity index (χ4v) is 1.90. The van der Waals surface area contributed by atoms with E-state index in [-0.39, 0.29) is 16.4 Å². The second-order valence-electron chi connectivity index (χ2n) is 4.45. The lowest BCUT2D eigenvalue weighted by atomic mass is 10.1. The average Bonchev–Trinajstić information content (AvgIpc) is 2.43. The summed E-state index contributed by atoms with van der Waals surface area (Å²) in [4.78, 5) is 22.3. The van der Waals surface area contributed by atoms with Gasteiger partial charge < -0.3 is 11.1 Å². The maximum atomic E-state index is 12.1. The molecular formula is C14H12ClN3O3. The molecule has 0 unspecified atom stereocenters. The summed E-state index contributed by atoms with van der Waals surface area (Å²) in [5.74, 6) is -0.404. The highest BCUT2D eigenvalue weighted by Crippen LogP contribution is 2.27. The van der Waals surface area contributed by atoms with Gasteiger partial charge in [-0.2, -0.15) is 0 Å². The molecule has 0 aliphatic heterocycles. The van der Waals surface area contributed by atoms with Crippen molar-refractivity contribution < 1.29 is 9.72 Å². The number of nitro benzene ring substituents is 1. The van der Waals surface area contributed by atoms with Gasteiger partial charge in [0.25, 0.3) is 11.6 Å². The second-order valence-corrected chi connectivity index (χ2v) is 4.86. The van der Waals surface area contributed by atoms with Crippen LogP contribution in [0.3, 0.4) is 0 Å². The van der Waals surface area contributed by atoms with Gasteiger partial charge in [0.1, 0.15) is 5.02 Å². The number of nitrogens with one attached hydrogen (secondary N) is 1. The Kier molecular flexibility index (Phi) is 4.09. The molecule has 7 heteroatoms. The van der Waals surface area contributed by atoms with Crippen LogP contribution in [0.2, 0.25) is 5.02 Å². The molecule has 0 radical (unpaired) electrons. The number of carbonyl (C=O) groups is 1. The van der Waals surface area contributed by atoms with Crippen molar-refractivity contribution in [2.45, 2.75) is 6.92 Å². The fourth-order valence-electron chi connectivity index (χ4n) is 1.72. The van der Waals surface area contributed by atoms with Gasteiger partial charge in [-0.15, -0.1) is 0 Å². The van der Waals surface area contributed by atoms with Crippen LogP contribution in [-0.4, -0.2) is 10.8 Å². The van der Waals surface area contributed by atoms with Gasteiger partial charge in [0.05, 0.1) is 4.92 Å². The number of carbonyl (C=O) groups excluding carboxylic acids is 1. The highest BCUT2D eigenvalue weighted by molar-refractivity contribution is 6.32. The van der Waals surface area contributed by atoms with E-state index in [0.29, 0.717) is 11.3 Å². The Hall–Kier alpha value is -2.60. The predicted octanol–water partition coefficient (Wildman–Crippen LogP) is 3.39. The zero-order valence-electron chi connectivity index (χ0n) is 11.1. The number of hydrogen-bond acceptors (Lipinski definition) is 4. The van der Waals surface area contributed by atoms with Gasteiger partial charge in [0.2, 0.25) is 0 Å². The number of halogens is 1. The highest BCUT2D eigenvalue weighted by atomic mass is 35.5. The van der Waals surface area contributed by atoms with Crippen LogP contribution in [0.5, 0.6) is 0 Å². The number of amides is 1. The molecule has 0 saturated carbocycles. The third-order valence-corrected chi connectivity index (χ3v) is 3.26. The largest absolute Gasteiger partial charge is 0.398 e. The molecule has 0 bridgehead atoms. The van der Waals surface area contributed by atoms with Crippen LogP contribution < -0.4 is 11.1 Å². The first-order chi connectivity index (χ1) is 9.88. The summed E-state index contributed by atoms with van der Waals surface area (Å²) in [6.07, 6.45) is 0. The minimum atomic E-state index is -0.609. The number of benzene rings is 2. The monoisotopic (exact) mass is 305 g/mol. The molecule has 0 aromatic heterocycles. The lowest BCUT2D eigenvalue weighted by Gasteiger charge is -2.07. The van der Waals surface area contributed by atoms with Crippen molar-refractivity contribution in [1.29, 1.82) is 0 Å². The quantitative estimate of drug-likeness (QED) is 0.516. The molecule has 2 aromatic carbocycles. The van der Waals surface area contributed by atoms with E-state index in [9.17, 15) is 14.9 Å². The summed E-state index contributed by atoms with van der Waals surface area (Å²) in [7, 11) is 0. The van der Waals surface area contributed by atoms with Crippen molar-refractivity contribution >= 4 is 34.6 Å². The summed E-state index contributed by atoms with van der Waals surface area (Å²) in [5.41, 5.74) is 7.51. The fraction of sp³-hybridized carbons (Fsp3) is 0.0714. The van der Waals surface area contributed by atoms with Crippen molar-refractivity contribution in [1.82, 2.24) is 0 Å². The molecule has 0 aliphatic rings. The molecule has 3 N–H and O–H groups in total. The Morgan fingerprint density at radius 3 is 2.62 bits per heavy atom. The number of hydrogen-bond donors (Lipinski definition) is 2. The first-order valence-electron chi connectivity index (χ1n) is 6.00. The Labute approximate surface area is 125 Å². The van der Waals surface area contributed by atoms with E-state index in [1.165, 1.54) is 18.2 Å². The van der Waals surface area contributed by atoms with Crippen molar-refractivity contribution in [2.75, 3.05) is 11.1 Å². The summed E-state index contributed by atoms with van der Waals surface area (Å²) in [6.45, 7) is 1.83. The first kappa shape index (κ1) is 14.8. The maximum Gasteiger partial charge on any atom is 0.289 e. The number of nitrogens with two attached hydrogens (primary N) is 1. The van der Waals surface area contributed by atoms with Gasteiger partial charge in [-0.1, -0.05) is 17.7 Å². The number of anilines is 2.